The van der Waals surface area contributed by atoms with Gasteiger partial charge in [-0.05, 0) is 55.9 Å². The quantitative estimate of drug-likeness (QED) is 0.707. The fraction of sp³-hybridized carbons (Fsp3) is 0.440. The molecule has 3 unspecified atom stereocenters. The lowest BCUT2D eigenvalue weighted by atomic mass is 9.92. The summed E-state index contributed by atoms with van der Waals surface area (Å²) in [6.07, 6.45) is 10.9. The van der Waals surface area contributed by atoms with Gasteiger partial charge in [0, 0.05) is 48.3 Å². The molecule has 1 saturated carbocycles. The Balaban J connectivity index is 1.25. The minimum atomic E-state index is -0.450. The van der Waals surface area contributed by atoms with Crippen LogP contribution in [0.3, 0.4) is 0 Å². The van der Waals surface area contributed by atoms with E-state index >= 15 is 0 Å². The maximum atomic E-state index is 13.0. The third-order valence-corrected chi connectivity index (χ3v) is 6.78. The monoisotopic (exact) mass is 447 g/mol. The topological polar surface area (TPSA) is 96.4 Å². The van der Waals surface area contributed by atoms with Crippen molar-refractivity contribution < 1.29 is 14.3 Å². The Kier molecular flexibility index (Phi) is 6.09. The van der Waals surface area contributed by atoms with Crippen LogP contribution in [0.15, 0.2) is 49.2 Å². The maximum absolute atomic E-state index is 13.0. The summed E-state index contributed by atoms with van der Waals surface area (Å²) < 4.78 is 6.42. The molecule has 3 aliphatic rings. The van der Waals surface area contributed by atoms with Gasteiger partial charge in [0.25, 0.3) is 5.91 Å². The van der Waals surface area contributed by atoms with E-state index in [0.29, 0.717) is 37.2 Å². The van der Waals surface area contributed by atoms with Crippen molar-refractivity contribution in [3.8, 4) is 5.75 Å². The zero-order chi connectivity index (χ0) is 22.8. The molecule has 3 heterocycles. The second-order valence-electron chi connectivity index (χ2n) is 9.07. The highest BCUT2D eigenvalue weighted by atomic mass is 16.5. The molecule has 0 radical (unpaired) electrons. The van der Waals surface area contributed by atoms with Crippen molar-refractivity contribution in [2.75, 3.05) is 0 Å². The minimum Gasteiger partial charge on any atom is -0.489 e. The van der Waals surface area contributed by atoms with Crippen molar-refractivity contribution in [1.82, 2.24) is 25.5 Å². The number of piperidine rings is 1. The van der Waals surface area contributed by atoms with Gasteiger partial charge in [-0.1, -0.05) is 13.0 Å². The van der Waals surface area contributed by atoms with E-state index in [1.165, 1.54) is 12.7 Å². The molecule has 1 aromatic heterocycles. The average molecular weight is 448 g/mol. The highest BCUT2D eigenvalue weighted by Crippen LogP contribution is 2.32. The number of carbonyl (C=O) groups is 2. The Labute approximate surface area is 193 Å². The molecule has 2 aromatic rings. The molecule has 2 fully saturated rings. The normalized spacial score (nSPS) is 25.0. The second kappa shape index (κ2) is 9.31. The molecule has 5 rings (SSSR count). The number of fused-ring (bicyclic) bond motifs is 1. The fourth-order valence-electron chi connectivity index (χ4n) is 5.02. The summed E-state index contributed by atoms with van der Waals surface area (Å²) in [4.78, 5) is 35.2. The lowest BCUT2D eigenvalue weighted by Crippen LogP contribution is -2.49. The lowest BCUT2D eigenvalue weighted by Gasteiger charge is -2.32. The molecule has 8 heteroatoms. The smallest absolute Gasteiger partial charge is 0.255 e. The van der Waals surface area contributed by atoms with Gasteiger partial charge in [0.05, 0.1) is 0 Å². The molecule has 1 aliphatic carbocycles. The molecule has 33 heavy (non-hydrogen) atoms. The number of ether oxygens (including phenoxy) is 1. The number of allylic oxidation sites excluding steroid dienone is 1. The van der Waals surface area contributed by atoms with Crippen LogP contribution in [0.5, 0.6) is 5.75 Å². The SMILES string of the molecule is C=C1CCC(N2Cc3cc(OC4CCCCC4NCc4cncnc4)ccc3C2=O)C(=O)N1. The minimum absolute atomic E-state index is 0.0600. The molecule has 0 spiro atoms. The number of aromatic nitrogens is 2. The first kappa shape index (κ1) is 21.6. The number of nitrogens with one attached hydrogen (secondary N) is 2. The maximum Gasteiger partial charge on any atom is 0.255 e. The van der Waals surface area contributed by atoms with Crippen molar-refractivity contribution in [3.63, 3.8) is 0 Å². The number of amides is 2. The van der Waals surface area contributed by atoms with Gasteiger partial charge in [0.2, 0.25) is 5.91 Å². The standard InChI is InChI=1S/C25H29N5O3/c1-16-6-9-22(24(31)29-16)30-14-18-10-19(7-8-20(18)25(30)32)33-23-5-3-2-4-21(23)28-13-17-11-26-15-27-12-17/h7-8,10-12,15,21-23,28H,1-6,9,13-14H2,(H,29,31). The van der Waals surface area contributed by atoms with Gasteiger partial charge < -0.3 is 20.3 Å². The van der Waals surface area contributed by atoms with Crippen LogP contribution in [0.4, 0.5) is 0 Å². The van der Waals surface area contributed by atoms with E-state index in [2.05, 4.69) is 27.2 Å². The summed E-state index contributed by atoms with van der Waals surface area (Å²) in [5.41, 5.74) is 3.33. The molecule has 1 saturated heterocycles. The second-order valence-corrected chi connectivity index (χ2v) is 9.07. The van der Waals surface area contributed by atoms with Crippen LogP contribution in [0.1, 0.15) is 60.0 Å². The predicted molar refractivity (Wildman–Crippen MR) is 122 cm³/mol. The first-order valence-corrected chi connectivity index (χ1v) is 11.6. The Morgan fingerprint density at radius 1 is 1.15 bits per heavy atom. The molecule has 3 atom stereocenters. The molecule has 2 amide bonds. The van der Waals surface area contributed by atoms with Crippen LogP contribution in [0.25, 0.3) is 0 Å². The lowest BCUT2D eigenvalue weighted by molar-refractivity contribution is -0.126. The average Bonchev–Trinajstić information content (AvgIpc) is 3.14. The van der Waals surface area contributed by atoms with Crippen LogP contribution in [-0.2, 0) is 17.9 Å². The Bertz CT molecular complexity index is 1060. The van der Waals surface area contributed by atoms with Gasteiger partial charge in [-0.2, -0.15) is 0 Å². The molecule has 2 N–H and O–H groups in total. The number of hydrogen-bond donors (Lipinski definition) is 2. The number of benzene rings is 1. The Morgan fingerprint density at radius 2 is 1.97 bits per heavy atom. The predicted octanol–water partition coefficient (Wildman–Crippen LogP) is 2.70. The highest BCUT2D eigenvalue weighted by molar-refractivity contribution is 6.01. The summed E-state index contributed by atoms with van der Waals surface area (Å²) in [6.45, 7) is 4.95. The van der Waals surface area contributed by atoms with Crippen LogP contribution >= 0.6 is 0 Å². The zero-order valence-electron chi connectivity index (χ0n) is 18.6. The number of nitrogens with zero attached hydrogens (tertiary/aromatic N) is 3. The van der Waals surface area contributed by atoms with Gasteiger partial charge in [-0.3, -0.25) is 9.59 Å². The summed E-state index contributed by atoms with van der Waals surface area (Å²) in [5, 5.41) is 6.39. The highest BCUT2D eigenvalue weighted by Gasteiger charge is 2.38. The number of rotatable bonds is 6. The van der Waals surface area contributed by atoms with Crippen LogP contribution in [-0.4, -0.2) is 44.9 Å². The Hall–Kier alpha value is -3.26. The summed E-state index contributed by atoms with van der Waals surface area (Å²) >= 11 is 0. The van der Waals surface area contributed by atoms with E-state index in [1.807, 2.05) is 30.6 Å². The first-order valence-electron chi connectivity index (χ1n) is 11.6. The zero-order valence-corrected chi connectivity index (χ0v) is 18.6. The summed E-state index contributed by atoms with van der Waals surface area (Å²) in [5.74, 6) is 0.530. The van der Waals surface area contributed by atoms with E-state index < -0.39 is 6.04 Å². The van der Waals surface area contributed by atoms with Gasteiger partial charge in [0.1, 0.15) is 24.2 Å². The van der Waals surface area contributed by atoms with Gasteiger partial charge in [-0.25, -0.2) is 9.97 Å². The van der Waals surface area contributed by atoms with E-state index in [-0.39, 0.29) is 24.0 Å². The van der Waals surface area contributed by atoms with Crippen molar-refractivity contribution in [2.24, 2.45) is 0 Å². The molecule has 1 aromatic carbocycles. The van der Waals surface area contributed by atoms with Gasteiger partial charge in [0.15, 0.2) is 0 Å². The molecule has 2 aliphatic heterocycles. The molecule has 172 valence electrons. The van der Waals surface area contributed by atoms with E-state index in [0.717, 1.165) is 36.1 Å². The third kappa shape index (κ3) is 4.61. The number of carbonyl (C=O) groups excluding carboxylic acids is 2. The third-order valence-electron chi connectivity index (χ3n) is 6.78. The largest absolute Gasteiger partial charge is 0.489 e. The van der Waals surface area contributed by atoms with E-state index in [9.17, 15) is 9.59 Å². The van der Waals surface area contributed by atoms with Gasteiger partial charge in [-0.15, -0.1) is 0 Å². The summed E-state index contributed by atoms with van der Waals surface area (Å²) in [7, 11) is 0. The van der Waals surface area contributed by atoms with Crippen molar-refractivity contribution in [2.45, 2.75) is 69.8 Å². The fourth-order valence-corrected chi connectivity index (χ4v) is 5.02. The van der Waals surface area contributed by atoms with Crippen LogP contribution < -0.4 is 15.4 Å². The van der Waals surface area contributed by atoms with Gasteiger partial charge >= 0.3 is 0 Å². The van der Waals surface area contributed by atoms with Crippen molar-refractivity contribution in [1.29, 1.82) is 0 Å². The number of hydrogen-bond acceptors (Lipinski definition) is 6. The Morgan fingerprint density at radius 3 is 2.79 bits per heavy atom. The van der Waals surface area contributed by atoms with E-state index in [1.54, 1.807) is 4.90 Å². The van der Waals surface area contributed by atoms with Crippen molar-refractivity contribution in [3.05, 3.63) is 65.9 Å². The summed E-state index contributed by atoms with van der Waals surface area (Å²) in [6, 6.07) is 5.46. The molecule has 0 bridgehead atoms. The molecular weight excluding hydrogens is 418 g/mol. The first-order chi connectivity index (χ1) is 16.1. The van der Waals surface area contributed by atoms with Crippen LogP contribution in [0, 0.1) is 0 Å². The van der Waals surface area contributed by atoms with E-state index in [4.69, 9.17) is 4.74 Å². The van der Waals surface area contributed by atoms with Crippen molar-refractivity contribution >= 4 is 11.8 Å². The molecular formula is C25H29N5O3. The molecule has 8 nitrogen and oxygen atoms in total. The van der Waals surface area contributed by atoms with Crippen LogP contribution in [0.2, 0.25) is 0 Å².